The van der Waals surface area contributed by atoms with Crippen molar-refractivity contribution in [3.8, 4) is 5.75 Å². The summed E-state index contributed by atoms with van der Waals surface area (Å²) in [6.07, 6.45) is 5.23. The van der Waals surface area contributed by atoms with Crippen molar-refractivity contribution < 1.29 is 4.74 Å². The fraction of sp³-hybridized carbons (Fsp3) is 0.455. The largest absolute Gasteiger partial charge is 0.492 e. The molecule has 0 N–H and O–H groups in total. The van der Waals surface area contributed by atoms with Crippen LogP contribution in [0, 0.1) is 0 Å². The molecule has 2 aliphatic heterocycles. The quantitative estimate of drug-likeness (QED) is 0.789. The zero-order valence-electron chi connectivity index (χ0n) is 15.0. The third-order valence-electron chi connectivity index (χ3n) is 5.41. The third-order valence-corrected chi connectivity index (χ3v) is 5.41. The molecule has 2 aromatic carbocycles. The van der Waals surface area contributed by atoms with E-state index in [1.54, 1.807) is 0 Å². The van der Waals surface area contributed by atoms with Gasteiger partial charge in [-0.3, -0.25) is 4.90 Å². The molecule has 4 rings (SSSR count). The van der Waals surface area contributed by atoms with E-state index in [1.165, 1.54) is 49.2 Å². The van der Waals surface area contributed by atoms with E-state index < -0.39 is 0 Å². The number of fused-ring (bicyclic) bond motifs is 1. The summed E-state index contributed by atoms with van der Waals surface area (Å²) in [7, 11) is 0. The average Bonchev–Trinajstić information content (AvgIpc) is 3.07. The monoisotopic (exact) mass is 336 g/mol. The van der Waals surface area contributed by atoms with Crippen LogP contribution in [0.25, 0.3) is 0 Å². The van der Waals surface area contributed by atoms with E-state index >= 15 is 0 Å². The van der Waals surface area contributed by atoms with E-state index in [1.807, 2.05) is 0 Å². The molecule has 2 aliphatic rings. The van der Waals surface area contributed by atoms with Crippen molar-refractivity contribution in [2.24, 2.45) is 0 Å². The van der Waals surface area contributed by atoms with E-state index in [4.69, 9.17) is 4.74 Å². The molecule has 2 heterocycles. The Morgan fingerprint density at radius 3 is 2.48 bits per heavy atom. The van der Waals surface area contributed by atoms with Crippen molar-refractivity contribution in [3.63, 3.8) is 0 Å². The maximum absolute atomic E-state index is 5.93. The van der Waals surface area contributed by atoms with Crippen LogP contribution < -0.4 is 9.64 Å². The van der Waals surface area contributed by atoms with Gasteiger partial charge in [-0.05, 0) is 61.7 Å². The van der Waals surface area contributed by atoms with Gasteiger partial charge in [0.1, 0.15) is 12.4 Å². The van der Waals surface area contributed by atoms with Crippen molar-refractivity contribution in [3.05, 3.63) is 59.7 Å². The van der Waals surface area contributed by atoms with Gasteiger partial charge < -0.3 is 9.64 Å². The number of nitrogens with zero attached hydrogens (tertiary/aromatic N) is 2. The van der Waals surface area contributed by atoms with Crippen LogP contribution in [0.4, 0.5) is 5.69 Å². The Bertz CT molecular complexity index is 677. The minimum Gasteiger partial charge on any atom is -0.492 e. The van der Waals surface area contributed by atoms with E-state index in [-0.39, 0.29) is 0 Å². The maximum Gasteiger partial charge on any atom is 0.119 e. The zero-order valence-corrected chi connectivity index (χ0v) is 15.0. The summed E-state index contributed by atoms with van der Waals surface area (Å²) < 4.78 is 5.93. The third kappa shape index (κ3) is 4.16. The molecule has 0 bridgehead atoms. The number of rotatable bonds is 6. The van der Waals surface area contributed by atoms with E-state index in [2.05, 4.69) is 58.3 Å². The molecular formula is C22H28N2O. The highest BCUT2D eigenvalue weighted by Gasteiger charge is 2.18. The number of anilines is 1. The fourth-order valence-electron chi connectivity index (χ4n) is 3.96. The van der Waals surface area contributed by atoms with Crippen molar-refractivity contribution in [1.82, 2.24) is 4.90 Å². The molecule has 0 aromatic heterocycles. The summed E-state index contributed by atoms with van der Waals surface area (Å²) >= 11 is 0. The molecule has 25 heavy (non-hydrogen) atoms. The molecule has 2 aromatic rings. The molecule has 0 amide bonds. The van der Waals surface area contributed by atoms with E-state index in [0.29, 0.717) is 0 Å². The Kier molecular flexibility index (Phi) is 5.22. The molecule has 132 valence electrons. The summed E-state index contributed by atoms with van der Waals surface area (Å²) in [4.78, 5) is 4.99. The van der Waals surface area contributed by atoms with Gasteiger partial charge in [-0.25, -0.2) is 0 Å². The maximum atomic E-state index is 5.93. The lowest BCUT2D eigenvalue weighted by Gasteiger charge is -2.26. The van der Waals surface area contributed by atoms with Crippen molar-refractivity contribution in [2.75, 3.05) is 37.7 Å². The predicted octanol–water partition coefficient (Wildman–Crippen LogP) is 4.11. The number of ether oxygens (including phenoxy) is 1. The van der Waals surface area contributed by atoms with Gasteiger partial charge in [0.05, 0.1) is 0 Å². The second-order valence-electron chi connectivity index (χ2n) is 7.19. The van der Waals surface area contributed by atoms with Crippen molar-refractivity contribution in [2.45, 2.75) is 32.2 Å². The van der Waals surface area contributed by atoms with E-state index in [0.717, 1.165) is 38.4 Å². The summed E-state index contributed by atoms with van der Waals surface area (Å²) in [6.45, 7) is 6.41. The Labute approximate surface area is 151 Å². The predicted molar refractivity (Wildman–Crippen MR) is 103 cm³/mol. The number of piperidine rings is 1. The first-order chi connectivity index (χ1) is 12.4. The Morgan fingerprint density at radius 2 is 1.64 bits per heavy atom. The SMILES string of the molecule is c1ccc2c(c1)CCN2Cc1ccc(OCCN2CCCCC2)cc1. The number of benzene rings is 2. The molecule has 0 saturated carbocycles. The number of para-hydroxylation sites is 1. The van der Waals surface area contributed by atoms with Crippen LogP contribution in [0.1, 0.15) is 30.4 Å². The number of likely N-dealkylation sites (tertiary alicyclic amines) is 1. The molecule has 1 saturated heterocycles. The first kappa shape index (κ1) is 16.5. The lowest BCUT2D eigenvalue weighted by atomic mass is 10.1. The molecule has 0 unspecified atom stereocenters. The lowest BCUT2D eigenvalue weighted by molar-refractivity contribution is 0.183. The van der Waals surface area contributed by atoms with Gasteiger partial charge in [0.15, 0.2) is 0 Å². The van der Waals surface area contributed by atoms with Crippen LogP contribution in [0.5, 0.6) is 5.75 Å². The van der Waals surface area contributed by atoms with E-state index in [9.17, 15) is 0 Å². The van der Waals surface area contributed by atoms with Gasteiger partial charge in [-0.15, -0.1) is 0 Å². The van der Waals surface area contributed by atoms with Gasteiger partial charge in [-0.1, -0.05) is 36.8 Å². The number of hydrogen-bond donors (Lipinski definition) is 0. The van der Waals surface area contributed by atoms with Gasteiger partial charge >= 0.3 is 0 Å². The summed E-state index contributed by atoms with van der Waals surface area (Å²) in [5.74, 6) is 0.989. The average molecular weight is 336 g/mol. The minimum atomic E-state index is 0.791. The van der Waals surface area contributed by atoms with Crippen LogP contribution in [-0.4, -0.2) is 37.7 Å². The minimum absolute atomic E-state index is 0.791. The smallest absolute Gasteiger partial charge is 0.119 e. The normalized spacial score (nSPS) is 17.5. The highest BCUT2D eigenvalue weighted by atomic mass is 16.5. The molecule has 3 heteroatoms. The van der Waals surface area contributed by atoms with Crippen LogP contribution in [0.2, 0.25) is 0 Å². The topological polar surface area (TPSA) is 15.7 Å². The van der Waals surface area contributed by atoms with Crippen LogP contribution in [0.3, 0.4) is 0 Å². The van der Waals surface area contributed by atoms with Gasteiger partial charge in [0.2, 0.25) is 0 Å². The van der Waals surface area contributed by atoms with Gasteiger partial charge in [0.25, 0.3) is 0 Å². The van der Waals surface area contributed by atoms with Gasteiger partial charge in [0, 0.05) is 25.3 Å². The Morgan fingerprint density at radius 1 is 0.840 bits per heavy atom. The molecule has 3 nitrogen and oxygen atoms in total. The van der Waals surface area contributed by atoms with Crippen LogP contribution >= 0.6 is 0 Å². The summed E-state index contributed by atoms with van der Waals surface area (Å²) in [6, 6.07) is 17.4. The van der Waals surface area contributed by atoms with Crippen molar-refractivity contribution in [1.29, 1.82) is 0 Å². The van der Waals surface area contributed by atoms with Crippen LogP contribution in [-0.2, 0) is 13.0 Å². The second-order valence-corrected chi connectivity index (χ2v) is 7.19. The van der Waals surface area contributed by atoms with Crippen molar-refractivity contribution >= 4 is 5.69 Å². The highest BCUT2D eigenvalue weighted by molar-refractivity contribution is 5.58. The Hall–Kier alpha value is -2.00. The molecule has 0 atom stereocenters. The fourth-order valence-corrected chi connectivity index (χ4v) is 3.96. The number of hydrogen-bond acceptors (Lipinski definition) is 3. The zero-order chi connectivity index (χ0) is 16.9. The highest BCUT2D eigenvalue weighted by Crippen LogP contribution is 2.29. The second kappa shape index (κ2) is 7.92. The lowest BCUT2D eigenvalue weighted by Crippen LogP contribution is -2.33. The first-order valence-electron chi connectivity index (χ1n) is 9.65. The summed E-state index contributed by atoms with van der Waals surface area (Å²) in [5, 5.41) is 0. The molecule has 0 radical (unpaired) electrons. The van der Waals surface area contributed by atoms with Gasteiger partial charge in [-0.2, -0.15) is 0 Å². The standard InChI is InChI=1S/C22H28N2O/c1-4-13-23(14-5-1)16-17-25-21-10-8-19(9-11-21)18-24-15-12-20-6-2-3-7-22(20)24/h2-3,6-11H,1,4-5,12-18H2. The molecule has 0 spiro atoms. The summed E-state index contributed by atoms with van der Waals surface area (Å²) in [5.41, 5.74) is 4.21. The Balaban J connectivity index is 1.27. The first-order valence-corrected chi connectivity index (χ1v) is 9.65. The molecular weight excluding hydrogens is 308 g/mol. The molecule has 0 aliphatic carbocycles. The molecule has 1 fully saturated rings. The van der Waals surface area contributed by atoms with Crippen LogP contribution in [0.15, 0.2) is 48.5 Å².